The lowest BCUT2D eigenvalue weighted by Crippen LogP contribution is -2.19. The molecule has 94 valence electrons. The third-order valence-corrected chi connectivity index (χ3v) is 3.07. The second-order valence-corrected chi connectivity index (χ2v) is 4.91. The number of anilines is 1. The van der Waals surface area contributed by atoms with E-state index in [1.807, 2.05) is 0 Å². The highest BCUT2D eigenvalue weighted by atomic mass is 32.2. The predicted molar refractivity (Wildman–Crippen MR) is 58.5 cm³/mol. The second kappa shape index (κ2) is 6.09. The van der Waals surface area contributed by atoms with E-state index in [1.165, 1.54) is 19.5 Å². The molecule has 0 saturated carbocycles. The first kappa shape index (κ1) is 13.3. The zero-order chi connectivity index (χ0) is 12.7. The maximum absolute atomic E-state index is 11.5. The van der Waals surface area contributed by atoms with Gasteiger partial charge in [0, 0.05) is 6.42 Å². The molecule has 1 aromatic heterocycles. The van der Waals surface area contributed by atoms with Gasteiger partial charge in [0.15, 0.2) is 0 Å². The molecule has 0 aliphatic rings. The quantitative estimate of drug-likeness (QED) is 0.690. The van der Waals surface area contributed by atoms with Crippen molar-refractivity contribution in [1.82, 2.24) is 15.2 Å². The number of nitrogens with zero attached hydrogens (tertiary/aromatic N) is 3. The Bertz CT molecular complexity index is 462. The Morgan fingerprint density at radius 1 is 1.47 bits per heavy atom. The van der Waals surface area contributed by atoms with E-state index in [0.717, 1.165) is 0 Å². The van der Waals surface area contributed by atoms with Crippen molar-refractivity contribution in [3.63, 3.8) is 0 Å². The van der Waals surface area contributed by atoms with Gasteiger partial charge in [0.2, 0.25) is 10.0 Å². The molecule has 0 fully saturated rings. The van der Waals surface area contributed by atoms with Crippen molar-refractivity contribution in [2.24, 2.45) is 0 Å². The van der Waals surface area contributed by atoms with Crippen molar-refractivity contribution < 1.29 is 17.9 Å². The van der Waals surface area contributed by atoms with Gasteiger partial charge in [-0.3, -0.25) is 4.79 Å². The SMILES string of the molecule is COC(=O)CCCS(=O)(=O)Nc1nccnn1. The summed E-state index contributed by atoms with van der Waals surface area (Å²) in [5.41, 5.74) is 0. The average molecular weight is 260 g/mol. The number of ether oxygens (including phenoxy) is 1. The minimum absolute atomic E-state index is 0.0469. The summed E-state index contributed by atoms with van der Waals surface area (Å²) in [6.07, 6.45) is 2.86. The summed E-state index contributed by atoms with van der Waals surface area (Å²) in [4.78, 5) is 14.5. The van der Waals surface area contributed by atoms with Crippen LogP contribution in [0.4, 0.5) is 5.95 Å². The minimum atomic E-state index is -3.56. The molecule has 0 unspecified atom stereocenters. The molecule has 9 heteroatoms. The second-order valence-electron chi connectivity index (χ2n) is 3.07. The highest BCUT2D eigenvalue weighted by molar-refractivity contribution is 7.92. The fraction of sp³-hybridized carbons (Fsp3) is 0.500. The van der Waals surface area contributed by atoms with Crippen LogP contribution < -0.4 is 4.72 Å². The highest BCUT2D eigenvalue weighted by Crippen LogP contribution is 2.02. The fourth-order valence-electron chi connectivity index (χ4n) is 0.993. The van der Waals surface area contributed by atoms with Gasteiger partial charge in [0.25, 0.3) is 5.95 Å². The number of sulfonamides is 1. The number of esters is 1. The van der Waals surface area contributed by atoms with Crippen molar-refractivity contribution in [3.8, 4) is 0 Å². The van der Waals surface area contributed by atoms with Crippen LogP contribution in [0.5, 0.6) is 0 Å². The van der Waals surface area contributed by atoms with Crippen LogP contribution >= 0.6 is 0 Å². The van der Waals surface area contributed by atoms with Crippen LogP contribution in [0.15, 0.2) is 12.4 Å². The number of carbonyl (C=O) groups is 1. The number of aromatic nitrogens is 3. The van der Waals surface area contributed by atoms with Crippen LogP contribution in [0.1, 0.15) is 12.8 Å². The van der Waals surface area contributed by atoms with Crippen molar-refractivity contribution in [3.05, 3.63) is 12.4 Å². The molecule has 1 N–H and O–H groups in total. The summed E-state index contributed by atoms with van der Waals surface area (Å²) in [6, 6.07) is 0. The van der Waals surface area contributed by atoms with Gasteiger partial charge in [-0.25, -0.2) is 18.1 Å². The zero-order valence-corrected chi connectivity index (χ0v) is 9.98. The molecular weight excluding hydrogens is 248 g/mol. The van der Waals surface area contributed by atoms with Gasteiger partial charge in [0.05, 0.1) is 25.3 Å². The van der Waals surface area contributed by atoms with Crippen molar-refractivity contribution in [2.75, 3.05) is 17.6 Å². The monoisotopic (exact) mass is 260 g/mol. The number of nitrogens with one attached hydrogen (secondary N) is 1. The van der Waals surface area contributed by atoms with Gasteiger partial charge in [0.1, 0.15) is 0 Å². The molecule has 0 aliphatic carbocycles. The average Bonchev–Trinajstić information content (AvgIpc) is 2.29. The molecule has 0 amide bonds. The standard InChI is InChI=1S/C8H12N4O4S/c1-16-7(13)3-2-6-17(14,15)12-8-9-4-5-10-11-8/h4-5H,2-3,6H2,1H3,(H,9,11,12). The fourth-order valence-corrected chi connectivity index (χ4v) is 1.99. The van der Waals surface area contributed by atoms with E-state index in [9.17, 15) is 13.2 Å². The first-order valence-corrected chi connectivity index (χ1v) is 6.40. The molecule has 0 atom stereocenters. The molecule has 0 aromatic carbocycles. The Hall–Kier alpha value is -1.77. The normalized spacial score (nSPS) is 10.9. The Kier molecular flexibility index (Phi) is 4.76. The molecule has 8 nitrogen and oxygen atoms in total. The summed E-state index contributed by atoms with van der Waals surface area (Å²) >= 11 is 0. The number of hydrogen-bond acceptors (Lipinski definition) is 7. The van der Waals surface area contributed by atoms with E-state index in [0.29, 0.717) is 0 Å². The summed E-state index contributed by atoms with van der Waals surface area (Å²) in [6.45, 7) is 0. The summed E-state index contributed by atoms with van der Waals surface area (Å²) in [5.74, 6) is -0.747. The van der Waals surface area contributed by atoms with Crippen molar-refractivity contribution in [2.45, 2.75) is 12.8 Å². The summed E-state index contributed by atoms with van der Waals surface area (Å²) < 4.78 is 29.5. The van der Waals surface area contributed by atoms with Gasteiger partial charge < -0.3 is 4.74 Å². The Balaban J connectivity index is 2.44. The van der Waals surface area contributed by atoms with Crippen LogP contribution in [0, 0.1) is 0 Å². The van der Waals surface area contributed by atoms with E-state index >= 15 is 0 Å². The number of rotatable bonds is 6. The maximum Gasteiger partial charge on any atom is 0.305 e. The van der Waals surface area contributed by atoms with Gasteiger partial charge in [-0.1, -0.05) is 0 Å². The minimum Gasteiger partial charge on any atom is -0.469 e. The Morgan fingerprint density at radius 3 is 2.82 bits per heavy atom. The van der Waals surface area contributed by atoms with Crippen LogP contribution in [0.3, 0.4) is 0 Å². The van der Waals surface area contributed by atoms with Crippen LogP contribution in [-0.2, 0) is 19.6 Å². The summed E-state index contributed by atoms with van der Waals surface area (Å²) in [7, 11) is -2.31. The van der Waals surface area contributed by atoms with Gasteiger partial charge >= 0.3 is 5.97 Å². The molecule has 0 saturated heterocycles. The van der Waals surface area contributed by atoms with Crippen molar-refractivity contribution in [1.29, 1.82) is 0 Å². The van der Waals surface area contributed by atoms with E-state index in [2.05, 4.69) is 24.6 Å². The molecule has 1 aromatic rings. The Labute approximate surface area is 98.5 Å². The van der Waals surface area contributed by atoms with E-state index in [1.54, 1.807) is 0 Å². The van der Waals surface area contributed by atoms with Crippen LogP contribution in [-0.4, -0.2) is 42.4 Å². The third kappa shape index (κ3) is 5.20. The number of methoxy groups -OCH3 is 1. The smallest absolute Gasteiger partial charge is 0.305 e. The first-order valence-electron chi connectivity index (χ1n) is 4.74. The van der Waals surface area contributed by atoms with Crippen molar-refractivity contribution >= 4 is 21.9 Å². The molecule has 0 radical (unpaired) electrons. The molecule has 17 heavy (non-hydrogen) atoms. The number of hydrogen-bond donors (Lipinski definition) is 1. The molecule has 0 aliphatic heterocycles. The maximum atomic E-state index is 11.5. The molecule has 0 spiro atoms. The molecule has 0 bridgehead atoms. The highest BCUT2D eigenvalue weighted by Gasteiger charge is 2.13. The largest absolute Gasteiger partial charge is 0.469 e. The third-order valence-electron chi connectivity index (χ3n) is 1.75. The molecule has 1 heterocycles. The van der Waals surface area contributed by atoms with Crippen LogP contribution in [0.25, 0.3) is 0 Å². The molecular formula is C8H12N4O4S. The van der Waals surface area contributed by atoms with E-state index < -0.39 is 16.0 Å². The molecule has 1 rings (SSSR count). The van der Waals surface area contributed by atoms with E-state index in [-0.39, 0.29) is 24.5 Å². The number of carbonyl (C=O) groups excluding carboxylic acids is 1. The summed E-state index contributed by atoms with van der Waals surface area (Å²) in [5, 5.41) is 6.96. The first-order chi connectivity index (χ1) is 8.03. The Morgan fingerprint density at radius 2 is 2.24 bits per heavy atom. The van der Waals surface area contributed by atoms with Crippen LogP contribution in [0.2, 0.25) is 0 Å². The van der Waals surface area contributed by atoms with Gasteiger partial charge in [-0.15, -0.1) is 5.10 Å². The van der Waals surface area contributed by atoms with Gasteiger partial charge in [-0.2, -0.15) is 5.10 Å². The lowest BCUT2D eigenvalue weighted by Gasteiger charge is -2.04. The lowest BCUT2D eigenvalue weighted by molar-refractivity contribution is -0.140. The lowest BCUT2D eigenvalue weighted by atomic mass is 10.3. The van der Waals surface area contributed by atoms with Gasteiger partial charge in [-0.05, 0) is 6.42 Å². The zero-order valence-electron chi connectivity index (χ0n) is 9.16. The topological polar surface area (TPSA) is 111 Å². The predicted octanol–water partition coefficient (Wildman–Crippen LogP) is -0.434. The van der Waals surface area contributed by atoms with E-state index in [4.69, 9.17) is 0 Å².